The van der Waals surface area contributed by atoms with Crippen LogP contribution in [0, 0.1) is 34.0 Å². The fourth-order valence-corrected chi connectivity index (χ4v) is 8.11. The molecular formula is C26H46O5. The Kier molecular flexibility index (Phi) is 6.44. The Balaban J connectivity index is 2.01. The van der Waals surface area contributed by atoms with Gasteiger partial charge >= 0.3 is 5.97 Å². The van der Waals surface area contributed by atoms with Gasteiger partial charge < -0.3 is 19.7 Å². The van der Waals surface area contributed by atoms with Gasteiger partial charge in [-0.3, -0.25) is 4.79 Å². The molecular weight excluding hydrogens is 392 g/mol. The highest BCUT2D eigenvalue weighted by molar-refractivity contribution is 5.66. The van der Waals surface area contributed by atoms with Gasteiger partial charge in [0.25, 0.3) is 0 Å². The van der Waals surface area contributed by atoms with Crippen LogP contribution in [0.2, 0.25) is 0 Å². The zero-order valence-corrected chi connectivity index (χ0v) is 21.2. The molecule has 9 unspecified atom stereocenters. The maximum absolute atomic E-state index is 11.9. The standard InChI is InChI=1S/C26H46O5/c1-10-11-18-23(4,5)12-13-25(8)19-15(2)14-17(22(24(6,7)29)30-16(3)27)31-20(19)21(28)26(18,25)9/h15,17-22,28-29H,10-14H2,1-9H3. The highest BCUT2D eigenvalue weighted by Gasteiger charge is 2.72. The van der Waals surface area contributed by atoms with Crippen LogP contribution >= 0.6 is 0 Å². The van der Waals surface area contributed by atoms with E-state index >= 15 is 0 Å². The maximum atomic E-state index is 11.9. The van der Waals surface area contributed by atoms with E-state index in [1.807, 2.05) is 0 Å². The van der Waals surface area contributed by atoms with Crippen molar-refractivity contribution in [3.8, 4) is 0 Å². The van der Waals surface area contributed by atoms with Crippen LogP contribution in [-0.4, -0.2) is 46.2 Å². The summed E-state index contributed by atoms with van der Waals surface area (Å²) in [5.74, 6) is 0.542. The predicted octanol–water partition coefficient (Wildman–Crippen LogP) is 4.72. The zero-order chi connectivity index (χ0) is 23.6. The Morgan fingerprint density at radius 2 is 1.84 bits per heavy atom. The molecule has 0 amide bonds. The molecule has 31 heavy (non-hydrogen) atoms. The minimum absolute atomic E-state index is 0.0114. The summed E-state index contributed by atoms with van der Waals surface area (Å²) in [6, 6.07) is 0. The van der Waals surface area contributed by atoms with E-state index in [0.29, 0.717) is 18.3 Å². The molecule has 2 aliphatic carbocycles. The van der Waals surface area contributed by atoms with Crippen LogP contribution in [0.25, 0.3) is 0 Å². The largest absolute Gasteiger partial charge is 0.457 e. The molecule has 0 aromatic rings. The van der Waals surface area contributed by atoms with Gasteiger partial charge in [-0.05, 0) is 68.1 Å². The van der Waals surface area contributed by atoms with Crippen molar-refractivity contribution in [2.75, 3.05) is 0 Å². The quantitative estimate of drug-likeness (QED) is 0.607. The number of carbonyl (C=O) groups excluding carboxylic acids is 1. The van der Waals surface area contributed by atoms with Gasteiger partial charge in [-0.25, -0.2) is 0 Å². The van der Waals surface area contributed by atoms with E-state index in [2.05, 4.69) is 41.5 Å². The normalized spacial score (nSPS) is 45.5. The Labute approximate surface area is 189 Å². The molecule has 0 radical (unpaired) electrons. The minimum atomic E-state index is -1.22. The van der Waals surface area contributed by atoms with Crippen molar-refractivity contribution in [2.24, 2.45) is 34.0 Å². The summed E-state index contributed by atoms with van der Waals surface area (Å²) in [6.07, 6.45) is 3.10. The smallest absolute Gasteiger partial charge is 0.303 e. The number of hydrogen-bond acceptors (Lipinski definition) is 5. The van der Waals surface area contributed by atoms with Crippen molar-refractivity contribution in [1.82, 2.24) is 0 Å². The topological polar surface area (TPSA) is 76.0 Å². The minimum Gasteiger partial charge on any atom is -0.457 e. The monoisotopic (exact) mass is 438 g/mol. The van der Waals surface area contributed by atoms with Crippen LogP contribution in [0.1, 0.15) is 94.4 Å². The van der Waals surface area contributed by atoms with Crippen LogP contribution in [-0.2, 0) is 14.3 Å². The molecule has 5 nitrogen and oxygen atoms in total. The van der Waals surface area contributed by atoms with Gasteiger partial charge in [-0.15, -0.1) is 0 Å². The molecule has 3 fully saturated rings. The van der Waals surface area contributed by atoms with Crippen LogP contribution in [0.4, 0.5) is 0 Å². The number of carbonyl (C=O) groups is 1. The van der Waals surface area contributed by atoms with E-state index in [1.54, 1.807) is 13.8 Å². The molecule has 3 rings (SSSR count). The first-order chi connectivity index (χ1) is 14.1. The molecule has 0 bridgehead atoms. The second kappa shape index (κ2) is 7.99. The molecule has 1 heterocycles. The summed E-state index contributed by atoms with van der Waals surface area (Å²) in [5, 5.41) is 22.6. The third-order valence-electron chi connectivity index (χ3n) is 9.66. The van der Waals surface area contributed by atoms with Crippen molar-refractivity contribution >= 4 is 5.97 Å². The molecule has 1 aliphatic heterocycles. The average molecular weight is 439 g/mol. The Bertz CT molecular complexity index is 682. The lowest BCUT2D eigenvalue weighted by molar-refractivity contribution is -0.216. The first-order valence-electron chi connectivity index (χ1n) is 12.3. The van der Waals surface area contributed by atoms with Crippen molar-refractivity contribution < 1.29 is 24.5 Å². The van der Waals surface area contributed by atoms with Gasteiger partial charge in [-0.2, -0.15) is 0 Å². The Hall–Kier alpha value is -0.650. The lowest BCUT2D eigenvalue weighted by Crippen LogP contribution is -2.56. The number of rotatable bonds is 5. The first kappa shape index (κ1) is 25.0. The van der Waals surface area contributed by atoms with Crippen LogP contribution in [0.5, 0.6) is 0 Å². The Morgan fingerprint density at radius 3 is 2.35 bits per heavy atom. The zero-order valence-electron chi connectivity index (χ0n) is 21.2. The Morgan fingerprint density at radius 1 is 1.23 bits per heavy atom. The predicted molar refractivity (Wildman–Crippen MR) is 121 cm³/mol. The average Bonchev–Trinajstić information content (AvgIpc) is 2.81. The number of esters is 1. The van der Waals surface area contributed by atoms with Gasteiger partial charge in [0.05, 0.1) is 23.9 Å². The van der Waals surface area contributed by atoms with E-state index in [1.165, 1.54) is 6.92 Å². The summed E-state index contributed by atoms with van der Waals surface area (Å²) < 4.78 is 12.2. The third-order valence-corrected chi connectivity index (χ3v) is 9.66. The van der Waals surface area contributed by atoms with Crippen LogP contribution in [0.3, 0.4) is 0 Å². The molecule has 2 saturated carbocycles. The third kappa shape index (κ3) is 3.77. The number of aliphatic hydroxyl groups excluding tert-OH is 1. The van der Waals surface area contributed by atoms with E-state index in [4.69, 9.17) is 9.47 Å². The molecule has 180 valence electrons. The summed E-state index contributed by atoms with van der Waals surface area (Å²) in [4.78, 5) is 11.8. The van der Waals surface area contributed by atoms with E-state index in [-0.39, 0.29) is 28.3 Å². The lowest BCUT2D eigenvalue weighted by atomic mass is 9.44. The fraction of sp³-hybridized carbons (Fsp3) is 0.962. The summed E-state index contributed by atoms with van der Waals surface area (Å²) >= 11 is 0. The van der Waals surface area contributed by atoms with Crippen molar-refractivity contribution in [3.05, 3.63) is 0 Å². The van der Waals surface area contributed by atoms with Crippen molar-refractivity contribution in [3.63, 3.8) is 0 Å². The number of ether oxygens (including phenoxy) is 2. The molecule has 9 atom stereocenters. The maximum Gasteiger partial charge on any atom is 0.303 e. The second-order valence-electron chi connectivity index (χ2n) is 12.5. The molecule has 2 N–H and O–H groups in total. The van der Waals surface area contributed by atoms with E-state index < -0.39 is 29.9 Å². The molecule has 1 saturated heterocycles. The first-order valence-corrected chi connectivity index (χ1v) is 12.3. The molecule has 0 aromatic heterocycles. The lowest BCUT2D eigenvalue weighted by Gasteiger charge is -2.60. The van der Waals surface area contributed by atoms with Crippen molar-refractivity contribution in [2.45, 2.75) is 124 Å². The van der Waals surface area contributed by atoms with Crippen LogP contribution < -0.4 is 0 Å². The van der Waals surface area contributed by atoms with Gasteiger partial charge in [0.1, 0.15) is 0 Å². The van der Waals surface area contributed by atoms with Crippen molar-refractivity contribution in [1.29, 1.82) is 0 Å². The fourth-order valence-electron chi connectivity index (χ4n) is 8.11. The molecule has 0 spiro atoms. The summed E-state index contributed by atoms with van der Waals surface area (Å²) in [5.41, 5.74) is -1.30. The molecule has 5 heteroatoms. The SMILES string of the molecule is CCCC1C(C)(C)CCC2(C)C3C(C)CC(C(OC(C)=O)C(C)(C)O)OC3C(O)C12C. The number of aliphatic hydroxyl groups is 2. The summed E-state index contributed by atoms with van der Waals surface area (Å²) in [7, 11) is 0. The molecule has 3 aliphatic rings. The molecule has 0 aromatic carbocycles. The van der Waals surface area contributed by atoms with E-state index in [0.717, 1.165) is 25.7 Å². The highest BCUT2D eigenvalue weighted by Crippen LogP contribution is 2.72. The summed E-state index contributed by atoms with van der Waals surface area (Å²) in [6.45, 7) is 18.6. The number of fused-ring (bicyclic) bond motifs is 3. The van der Waals surface area contributed by atoms with Gasteiger partial charge in [0.2, 0.25) is 0 Å². The van der Waals surface area contributed by atoms with Gasteiger partial charge in [-0.1, -0.05) is 48.0 Å². The second-order valence-corrected chi connectivity index (χ2v) is 12.5. The van der Waals surface area contributed by atoms with E-state index in [9.17, 15) is 15.0 Å². The number of hydrogen-bond donors (Lipinski definition) is 2. The van der Waals surface area contributed by atoms with Crippen LogP contribution in [0.15, 0.2) is 0 Å². The van der Waals surface area contributed by atoms with Gasteiger partial charge in [0.15, 0.2) is 6.10 Å². The van der Waals surface area contributed by atoms with Gasteiger partial charge in [0, 0.05) is 12.3 Å². The highest BCUT2D eigenvalue weighted by atomic mass is 16.6.